The molecule has 8 heteroatoms. The van der Waals surface area contributed by atoms with Crippen LogP contribution in [0, 0.1) is 10.1 Å². The first-order valence-corrected chi connectivity index (χ1v) is 8.81. The lowest BCUT2D eigenvalue weighted by molar-refractivity contribution is -0.385. The molecule has 2 aromatic rings. The Morgan fingerprint density at radius 1 is 1.22 bits per heavy atom. The molecule has 0 saturated carbocycles. The molecular formula is C19H19ClN2O5. The van der Waals surface area contributed by atoms with Crippen molar-refractivity contribution in [3.63, 3.8) is 0 Å². The zero-order chi connectivity index (χ0) is 19.6. The highest BCUT2D eigenvalue weighted by Crippen LogP contribution is 2.40. The lowest BCUT2D eigenvalue weighted by Gasteiger charge is -2.26. The van der Waals surface area contributed by atoms with Crippen LogP contribution in [0.5, 0.6) is 11.5 Å². The molecule has 1 amide bonds. The topological polar surface area (TPSA) is 81.9 Å². The Morgan fingerprint density at radius 3 is 2.67 bits per heavy atom. The Morgan fingerprint density at radius 2 is 2.00 bits per heavy atom. The molecule has 0 spiro atoms. The molecule has 3 rings (SSSR count). The predicted octanol–water partition coefficient (Wildman–Crippen LogP) is 4.24. The maximum absolute atomic E-state index is 13.1. The Hall–Kier alpha value is -2.80. The fraction of sp³-hybridized carbons (Fsp3) is 0.316. The number of rotatable bonds is 5. The summed E-state index contributed by atoms with van der Waals surface area (Å²) < 4.78 is 10.7. The maximum Gasteiger partial charge on any atom is 0.283 e. The smallest absolute Gasteiger partial charge is 0.283 e. The molecule has 7 nitrogen and oxygen atoms in total. The normalized spacial score (nSPS) is 16.3. The standard InChI is InChI=1S/C19H19ClN2O5/c1-26-13-6-8-18(27-2)15(11-13)16-4-3-9-21(16)19(23)14-7-5-12(20)10-17(14)22(24)25/h5-8,10-11,16H,3-4,9H2,1-2H3. The lowest BCUT2D eigenvalue weighted by atomic mass is 10.0. The number of carbonyl (C=O) groups is 1. The number of nitro groups is 1. The van der Waals surface area contributed by atoms with Gasteiger partial charge in [-0.3, -0.25) is 14.9 Å². The number of carbonyl (C=O) groups excluding carboxylic acids is 1. The molecule has 1 heterocycles. The average molecular weight is 391 g/mol. The van der Waals surface area contributed by atoms with E-state index in [1.165, 1.54) is 18.2 Å². The van der Waals surface area contributed by atoms with E-state index < -0.39 is 10.8 Å². The van der Waals surface area contributed by atoms with Gasteiger partial charge in [-0.1, -0.05) is 11.6 Å². The molecule has 0 N–H and O–H groups in total. The van der Waals surface area contributed by atoms with E-state index in [9.17, 15) is 14.9 Å². The summed E-state index contributed by atoms with van der Waals surface area (Å²) in [6.45, 7) is 0.504. The molecule has 1 unspecified atom stereocenters. The van der Waals surface area contributed by atoms with E-state index >= 15 is 0 Å². The van der Waals surface area contributed by atoms with Crippen LogP contribution in [0.25, 0.3) is 0 Å². The number of likely N-dealkylation sites (tertiary alicyclic amines) is 1. The van der Waals surface area contributed by atoms with Crippen molar-refractivity contribution >= 4 is 23.2 Å². The number of nitro benzene ring substituents is 1. The van der Waals surface area contributed by atoms with Gasteiger partial charge in [-0.25, -0.2) is 0 Å². The van der Waals surface area contributed by atoms with Crippen LogP contribution in [0.4, 0.5) is 5.69 Å². The second kappa shape index (κ2) is 7.84. The largest absolute Gasteiger partial charge is 0.497 e. The molecule has 142 valence electrons. The SMILES string of the molecule is COc1ccc(OC)c(C2CCCN2C(=O)c2ccc(Cl)cc2[N+](=O)[O-])c1. The number of benzene rings is 2. The Labute approximate surface area is 161 Å². The van der Waals surface area contributed by atoms with Gasteiger partial charge in [-0.2, -0.15) is 0 Å². The van der Waals surface area contributed by atoms with Gasteiger partial charge in [0.25, 0.3) is 11.6 Å². The van der Waals surface area contributed by atoms with E-state index in [1.54, 1.807) is 31.3 Å². The van der Waals surface area contributed by atoms with Crippen LogP contribution in [0.2, 0.25) is 5.02 Å². The quantitative estimate of drug-likeness (QED) is 0.563. The summed E-state index contributed by atoms with van der Waals surface area (Å²) in [6, 6.07) is 9.25. The molecule has 1 atom stereocenters. The van der Waals surface area contributed by atoms with Crippen LogP contribution >= 0.6 is 11.6 Å². The predicted molar refractivity (Wildman–Crippen MR) is 101 cm³/mol. The van der Waals surface area contributed by atoms with Crippen molar-refractivity contribution in [3.8, 4) is 11.5 Å². The minimum atomic E-state index is -0.587. The second-order valence-electron chi connectivity index (χ2n) is 6.18. The molecule has 0 aliphatic carbocycles. The van der Waals surface area contributed by atoms with Crippen molar-refractivity contribution in [2.75, 3.05) is 20.8 Å². The summed E-state index contributed by atoms with van der Waals surface area (Å²) in [4.78, 5) is 25.6. The van der Waals surface area contributed by atoms with Crippen molar-refractivity contribution in [2.24, 2.45) is 0 Å². The first-order chi connectivity index (χ1) is 13.0. The van der Waals surface area contributed by atoms with E-state index in [1.807, 2.05) is 6.07 Å². The van der Waals surface area contributed by atoms with Gasteiger partial charge < -0.3 is 14.4 Å². The van der Waals surface area contributed by atoms with E-state index in [0.29, 0.717) is 18.0 Å². The minimum Gasteiger partial charge on any atom is -0.497 e. The molecule has 1 fully saturated rings. The molecule has 2 aromatic carbocycles. The zero-order valence-electron chi connectivity index (χ0n) is 15.0. The van der Waals surface area contributed by atoms with Crippen LogP contribution < -0.4 is 9.47 Å². The zero-order valence-corrected chi connectivity index (χ0v) is 15.7. The monoisotopic (exact) mass is 390 g/mol. The first kappa shape index (κ1) is 19.0. The van der Waals surface area contributed by atoms with Crippen molar-refractivity contribution < 1.29 is 19.2 Å². The molecular weight excluding hydrogens is 372 g/mol. The average Bonchev–Trinajstić information content (AvgIpc) is 3.16. The fourth-order valence-electron chi connectivity index (χ4n) is 3.42. The van der Waals surface area contributed by atoms with Gasteiger partial charge in [0.2, 0.25) is 0 Å². The van der Waals surface area contributed by atoms with Crippen LogP contribution in [0.3, 0.4) is 0 Å². The third-order valence-corrected chi connectivity index (χ3v) is 4.93. The highest BCUT2D eigenvalue weighted by molar-refractivity contribution is 6.31. The summed E-state index contributed by atoms with van der Waals surface area (Å²) in [7, 11) is 3.14. The van der Waals surface area contributed by atoms with Gasteiger partial charge in [0.1, 0.15) is 17.1 Å². The van der Waals surface area contributed by atoms with E-state index in [-0.39, 0.29) is 22.3 Å². The maximum atomic E-state index is 13.1. The number of nitrogens with zero attached hydrogens (tertiary/aromatic N) is 2. The molecule has 1 saturated heterocycles. The first-order valence-electron chi connectivity index (χ1n) is 8.43. The second-order valence-corrected chi connectivity index (χ2v) is 6.62. The molecule has 0 aromatic heterocycles. The third kappa shape index (κ3) is 3.68. The van der Waals surface area contributed by atoms with Gasteiger partial charge in [0, 0.05) is 23.2 Å². The highest BCUT2D eigenvalue weighted by Gasteiger charge is 2.35. The summed E-state index contributed by atoms with van der Waals surface area (Å²) in [5.74, 6) is 0.902. The Kier molecular flexibility index (Phi) is 5.51. The number of hydrogen-bond acceptors (Lipinski definition) is 5. The van der Waals surface area contributed by atoms with Crippen molar-refractivity contribution in [1.82, 2.24) is 4.90 Å². The van der Waals surface area contributed by atoms with E-state index in [0.717, 1.165) is 18.4 Å². The van der Waals surface area contributed by atoms with Crippen LogP contribution in [-0.2, 0) is 0 Å². The van der Waals surface area contributed by atoms with Crippen molar-refractivity contribution in [1.29, 1.82) is 0 Å². The van der Waals surface area contributed by atoms with Gasteiger partial charge >= 0.3 is 0 Å². The third-order valence-electron chi connectivity index (χ3n) is 4.70. The molecule has 27 heavy (non-hydrogen) atoms. The molecule has 1 aliphatic heterocycles. The fourth-order valence-corrected chi connectivity index (χ4v) is 3.59. The van der Waals surface area contributed by atoms with Crippen LogP contribution in [-0.4, -0.2) is 36.5 Å². The van der Waals surface area contributed by atoms with Gasteiger partial charge in [-0.05, 0) is 43.2 Å². The lowest BCUT2D eigenvalue weighted by Crippen LogP contribution is -2.31. The van der Waals surface area contributed by atoms with Gasteiger partial charge in [-0.15, -0.1) is 0 Å². The summed E-state index contributed by atoms with van der Waals surface area (Å²) in [5, 5.41) is 11.6. The van der Waals surface area contributed by atoms with Gasteiger partial charge in [0.15, 0.2) is 0 Å². The number of halogens is 1. The Balaban J connectivity index is 2.01. The van der Waals surface area contributed by atoms with E-state index in [4.69, 9.17) is 21.1 Å². The van der Waals surface area contributed by atoms with Crippen molar-refractivity contribution in [2.45, 2.75) is 18.9 Å². The minimum absolute atomic E-state index is 0.0261. The van der Waals surface area contributed by atoms with E-state index in [2.05, 4.69) is 0 Å². The van der Waals surface area contributed by atoms with Crippen molar-refractivity contribution in [3.05, 3.63) is 62.7 Å². The van der Waals surface area contributed by atoms with Gasteiger partial charge in [0.05, 0.1) is 25.2 Å². The summed E-state index contributed by atoms with van der Waals surface area (Å²) >= 11 is 5.86. The summed E-state index contributed by atoms with van der Waals surface area (Å²) in [5.41, 5.74) is 0.549. The van der Waals surface area contributed by atoms with Crippen LogP contribution in [0.15, 0.2) is 36.4 Å². The molecule has 0 radical (unpaired) electrons. The summed E-state index contributed by atoms with van der Waals surface area (Å²) in [6.07, 6.45) is 1.52. The molecule has 1 aliphatic rings. The Bertz CT molecular complexity index is 886. The molecule has 0 bridgehead atoms. The number of methoxy groups -OCH3 is 2. The number of hydrogen-bond donors (Lipinski definition) is 0. The number of amides is 1. The van der Waals surface area contributed by atoms with Crippen LogP contribution in [0.1, 0.15) is 34.8 Å². The number of ether oxygens (including phenoxy) is 2. The highest BCUT2D eigenvalue weighted by atomic mass is 35.5.